The van der Waals surface area contributed by atoms with Crippen LogP contribution in [0.2, 0.25) is 0 Å². The maximum absolute atomic E-state index is 12.7. The van der Waals surface area contributed by atoms with Crippen molar-refractivity contribution in [3.63, 3.8) is 0 Å². The van der Waals surface area contributed by atoms with E-state index in [1.165, 1.54) is 6.92 Å². The van der Waals surface area contributed by atoms with Crippen molar-refractivity contribution in [3.05, 3.63) is 58.4 Å². The number of Topliss-reactive ketones (excluding diaryl/α,β-unsaturated/α-hetero) is 1. The highest BCUT2D eigenvalue weighted by atomic mass is 16.5. The second-order valence-corrected chi connectivity index (χ2v) is 6.66. The quantitative estimate of drug-likeness (QED) is 0.616. The van der Waals surface area contributed by atoms with Gasteiger partial charge in [0.25, 0.3) is 5.91 Å². The van der Waals surface area contributed by atoms with Crippen LogP contribution in [0.1, 0.15) is 63.5 Å². The number of aryl methyl sites for hydroxylation is 1. The molecule has 26 heavy (non-hydrogen) atoms. The highest BCUT2D eigenvalue weighted by molar-refractivity contribution is 6.01. The molecule has 1 aliphatic rings. The van der Waals surface area contributed by atoms with E-state index in [2.05, 4.69) is 10.3 Å². The van der Waals surface area contributed by atoms with E-state index in [-0.39, 0.29) is 23.4 Å². The van der Waals surface area contributed by atoms with Crippen molar-refractivity contribution in [2.45, 2.75) is 45.8 Å². The molecule has 2 aromatic rings. The molecule has 0 spiro atoms. The lowest BCUT2D eigenvalue weighted by atomic mass is 10.1. The van der Waals surface area contributed by atoms with Gasteiger partial charge >= 0.3 is 5.97 Å². The Labute approximate surface area is 151 Å². The van der Waals surface area contributed by atoms with Gasteiger partial charge in [0.15, 0.2) is 5.78 Å². The van der Waals surface area contributed by atoms with Gasteiger partial charge in [-0.15, -0.1) is 0 Å². The summed E-state index contributed by atoms with van der Waals surface area (Å²) in [7, 11) is 0. The fraction of sp³-hybridized carbons (Fsp3) is 0.350. The fourth-order valence-electron chi connectivity index (χ4n) is 3.05. The molecule has 1 amide bonds. The van der Waals surface area contributed by atoms with Gasteiger partial charge in [-0.1, -0.05) is 30.3 Å². The van der Waals surface area contributed by atoms with Crippen molar-refractivity contribution in [1.29, 1.82) is 0 Å². The minimum Gasteiger partial charge on any atom is -0.443 e. The van der Waals surface area contributed by atoms with Gasteiger partial charge < -0.3 is 15.0 Å². The number of ether oxygens (including phenoxy) is 1. The lowest BCUT2D eigenvalue weighted by molar-refractivity contribution is -0.130. The highest BCUT2D eigenvalue weighted by Gasteiger charge is 2.32. The number of carbonyl (C=O) groups excluding carboxylic acids is 3. The van der Waals surface area contributed by atoms with Crippen molar-refractivity contribution in [1.82, 2.24) is 10.3 Å². The molecule has 1 fully saturated rings. The average molecular weight is 354 g/mol. The predicted octanol–water partition coefficient (Wildman–Crippen LogP) is 3.01. The Morgan fingerprint density at radius 2 is 1.81 bits per heavy atom. The van der Waals surface area contributed by atoms with Crippen molar-refractivity contribution in [2.75, 3.05) is 0 Å². The molecule has 6 heteroatoms. The van der Waals surface area contributed by atoms with Crippen LogP contribution in [0, 0.1) is 13.8 Å². The van der Waals surface area contributed by atoms with E-state index in [1.54, 1.807) is 38.1 Å². The topological polar surface area (TPSA) is 88.3 Å². The number of rotatable bonds is 6. The molecule has 2 N–H and O–H groups in total. The van der Waals surface area contributed by atoms with Gasteiger partial charge in [-0.05, 0) is 39.2 Å². The number of benzene rings is 1. The Morgan fingerprint density at radius 3 is 2.35 bits per heavy atom. The van der Waals surface area contributed by atoms with Gasteiger partial charge in [0.05, 0.1) is 0 Å². The Bertz CT molecular complexity index is 850. The van der Waals surface area contributed by atoms with Crippen LogP contribution in [0.25, 0.3) is 0 Å². The molecule has 6 nitrogen and oxygen atoms in total. The first-order valence-corrected chi connectivity index (χ1v) is 8.65. The molecule has 1 aromatic carbocycles. The third-order valence-electron chi connectivity index (χ3n) is 4.48. The number of carbonyl (C=O) groups is 3. The third kappa shape index (κ3) is 3.69. The first-order valence-electron chi connectivity index (χ1n) is 8.65. The van der Waals surface area contributed by atoms with Crippen LogP contribution in [0.5, 0.6) is 0 Å². The van der Waals surface area contributed by atoms with Crippen LogP contribution < -0.4 is 5.32 Å². The van der Waals surface area contributed by atoms with E-state index in [1.807, 2.05) is 6.07 Å². The summed E-state index contributed by atoms with van der Waals surface area (Å²) in [5.41, 5.74) is 2.44. The second-order valence-electron chi connectivity index (χ2n) is 6.66. The predicted molar refractivity (Wildman–Crippen MR) is 96.0 cm³/mol. The van der Waals surface area contributed by atoms with Crippen molar-refractivity contribution < 1.29 is 19.1 Å². The summed E-state index contributed by atoms with van der Waals surface area (Å²) in [5.74, 6) is -1.11. The van der Waals surface area contributed by atoms with E-state index in [0.29, 0.717) is 22.4 Å². The molecule has 0 saturated heterocycles. The standard InChI is InChI=1S/C20H22N2O4/c1-11-16(13(3)23)12(2)21-17(11)20(25)26-18(14-7-5-4-6-8-14)19(24)22-15-9-10-15/h4-8,15,18,21H,9-10H2,1-3H3,(H,22,24)/t18-/m0/s1. The number of aromatic nitrogens is 1. The summed E-state index contributed by atoms with van der Waals surface area (Å²) in [4.78, 5) is 40.0. The van der Waals surface area contributed by atoms with Gasteiger partial charge in [-0.2, -0.15) is 0 Å². The van der Waals surface area contributed by atoms with Crippen LogP contribution in [-0.2, 0) is 9.53 Å². The molecule has 0 radical (unpaired) electrons. The maximum atomic E-state index is 12.7. The molecule has 136 valence electrons. The zero-order chi connectivity index (χ0) is 18.8. The molecule has 0 unspecified atom stereocenters. The SMILES string of the molecule is CC(=O)c1c(C)[nH]c(C(=O)O[C@H](C(=O)NC2CC2)c2ccccc2)c1C. The normalized spacial score (nSPS) is 14.6. The lowest BCUT2D eigenvalue weighted by Gasteiger charge is -2.18. The molecule has 0 aliphatic heterocycles. The number of hydrogen-bond donors (Lipinski definition) is 2. The minimum atomic E-state index is -1.03. The maximum Gasteiger partial charge on any atom is 0.356 e. The van der Waals surface area contributed by atoms with E-state index in [4.69, 9.17) is 4.74 Å². The van der Waals surface area contributed by atoms with Gasteiger partial charge in [-0.3, -0.25) is 9.59 Å². The van der Waals surface area contributed by atoms with Crippen molar-refractivity contribution >= 4 is 17.7 Å². The van der Waals surface area contributed by atoms with Crippen molar-refractivity contribution in [3.8, 4) is 0 Å². The third-order valence-corrected chi connectivity index (χ3v) is 4.48. The smallest absolute Gasteiger partial charge is 0.356 e. The monoisotopic (exact) mass is 354 g/mol. The Morgan fingerprint density at radius 1 is 1.15 bits per heavy atom. The van der Waals surface area contributed by atoms with Gasteiger partial charge in [0.1, 0.15) is 5.69 Å². The molecular formula is C20H22N2O4. The summed E-state index contributed by atoms with van der Waals surface area (Å²) in [6.45, 7) is 4.88. The summed E-state index contributed by atoms with van der Waals surface area (Å²) >= 11 is 0. The number of H-pyrrole nitrogens is 1. The fourth-order valence-corrected chi connectivity index (χ4v) is 3.05. The molecule has 1 atom stereocenters. The molecule has 0 bridgehead atoms. The van der Waals surface area contributed by atoms with E-state index in [0.717, 1.165) is 12.8 Å². The molecule has 3 rings (SSSR count). The van der Waals surface area contributed by atoms with E-state index < -0.39 is 12.1 Å². The lowest BCUT2D eigenvalue weighted by Crippen LogP contribution is -2.33. The number of ketones is 1. The van der Waals surface area contributed by atoms with E-state index in [9.17, 15) is 14.4 Å². The minimum absolute atomic E-state index is 0.124. The average Bonchev–Trinajstić information content (AvgIpc) is 3.36. The molecule has 1 heterocycles. The number of amides is 1. The van der Waals surface area contributed by atoms with Gasteiger partial charge in [-0.25, -0.2) is 4.79 Å². The zero-order valence-electron chi connectivity index (χ0n) is 15.1. The van der Waals surface area contributed by atoms with E-state index >= 15 is 0 Å². The van der Waals surface area contributed by atoms with Crippen molar-refractivity contribution in [2.24, 2.45) is 0 Å². The van der Waals surface area contributed by atoms with Gasteiger partial charge in [0.2, 0.25) is 6.10 Å². The van der Waals surface area contributed by atoms with Crippen LogP contribution in [0.4, 0.5) is 0 Å². The van der Waals surface area contributed by atoms with Gasteiger partial charge in [0, 0.05) is 22.9 Å². The summed E-state index contributed by atoms with van der Waals surface area (Å²) < 4.78 is 5.55. The Balaban J connectivity index is 1.86. The molecule has 1 aliphatic carbocycles. The van der Waals surface area contributed by atoms with Crippen LogP contribution in [0.3, 0.4) is 0 Å². The Hall–Kier alpha value is -2.89. The van der Waals surface area contributed by atoms with Crippen LogP contribution in [-0.4, -0.2) is 28.7 Å². The van der Waals surface area contributed by atoms with Crippen LogP contribution >= 0.6 is 0 Å². The Kier molecular flexibility index (Phi) is 4.93. The summed E-state index contributed by atoms with van der Waals surface area (Å²) in [6.07, 6.45) is 0.851. The highest BCUT2D eigenvalue weighted by Crippen LogP contribution is 2.25. The van der Waals surface area contributed by atoms with Crippen LogP contribution in [0.15, 0.2) is 30.3 Å². The molecule has 1 saturated carbocycles. The number of esters is 1. The largest absolute Gasteiger partial charge is 0.443 e. The first-order chi connectivity index (χ1) is 12.4. The summed E-state index contributed by atoms with van der Waals surface area (Å²) in [5, 5.41) is 2.88. The second kappa shape index (κ2) is 7.15. The summed E-state index contributed by atoms with van der Waals surface area (Å²) in [6, 6.07) is 9.07. The number of hydrogen-bond acceptors (Lipinski definition) is 4. The molecular weight excluding hydrogens is 332 g/mol. The molecule has 1 aromatic heterocycles. The number of aromatic amines is 1. The zero-order valence-corrected chi connectivity index (χ0v) is 15.1. The first kappa shape index (κ1) is 17.9. The number of nitrogens with one attached hydrogen (secondary N) is 2.